The monoisotopic (exact) mass is 503 g/mol. The Kier molecular flexibility index (Phi) is 5.79. The van der Waals surface area contributed by atoms with Gasteiger partial charge in [-0.1, -0.05) is 25.1 Å². The van der Waals surface area contributed by atoms with Gasteiger partial charge in [-0.3, -0.25) is 9.88 Å². The Labute approximate surface area is 201 Å². The number of aromatic nitrogens is 6. The first-order valence-corrected chi connectivity index (χ1v) is 11.5. The number of halogens is 3. The molecule has 13 heteroatoms. The summed E-state index contributed by atoms with van der Waals surface area (Å²) in [4.78, 5) is 14.5. The Morgan fingerprint density at radius 1 is 1.20 bits per heavy atom. The Morgan fingerprint density at radius 2 is 2.03 bits per heavy atom. The van der Waals surface area contributed by atoms with Crippen LogP contribution in [0.4, 0.5) is 19.2 Å². The molecular weight excluding hydrogens is 483 g/mol. The molecule has 1 atom stereocenters. The molecule has 0 fully saturated rings. The average molecular weight is 504 g/mol. The number of imidazole rings is 1. The molecule has 4 aromatic heterocycles. The van der Waals surface area contributed by atoms with Gasteiger partial charge in [0.05, 0.1) is 17.5 Å². The van der Waals surface area contributed by atoms with E-state index in [2.05, 4.69) is 25.2 Å². The van der Waals surface area contributed by atoms with Crippen molar-refractivity contribution in [1.82, 2.24) is 29.7 Å². The van der Waals surface area contributed by atoms with Crippen molar-refractivity contribution in [2.24, 2.45) is 0 Å². The number of ether oxygens (including phenoxy) is 1. The highest BCUT2D eigenvalue weighted by Gasteiger charge is 2.34. The molecule has 4 aromatic rings. The normalized spacial score (nSPS) is 15.2. The number of nitrogens with zero attached hydrogens (tertiary/aromatic N) is 7. The van der Waals surface area contributed by atoms with E-state index in [0.717, 1.165) is 23.1 Å². The smallest absolute Gasteiger partial charge is 0.418 e. The molecule has 0 amide bonds. The molecule has 9 nitrogen and oxygen atoms in total. The summed E-state index contributed by atoms with van der Waals surface area (Å²) in [5.74, 6) is 0.822. The van der Waals surface area contributed by atoms with Gasteiger partial charge in [0.1, 0.15) is 6.10 Å². The van der Waals surface area contributed by atoms with E-state index in [4.69, 9.17) is 9.26 Å². The molecule has 5 rings (SSSR count). The SMILES string of the molecule is CC(Oc1nn2cc(-c3ccncc3C(F)(F)F)nc2s1)C1=CCN(c2nc(C(C)C)no2)C=C1. The van der Waals surface area contributed by atoms with Gasteiger partial charge in [-0.2, -0.15) is 18.2 Å². The third-order valence-electron chi connectivity index (χ3n) is 5.34. The number of fused-ring (bicyclic) bond motifs is 1. The fraction of sp³-hybridized carbons (Fsp3) is 0.318. The Morgan fingerprint density at radius 3 is 2.69 bits per heavy atom. The number of pyridine rings is 1. The fourth-order valence-electron chi connectivity index (χ4n) is 3.45. The predicted molar refractivity (Wildman–Crippen MR) is 122 cm³/mol. The lowest BCUT2D eigenvalue weighted by atomic mass is 10.1. The maximum atomic E-state index is 13.3. The molecule has 0 aliphatic carbocycles. The van der Waals surface area contributed by atoms with E-state index in [0.29, 0.717) is 28.5 Å². The van der Waals surface area contributed by atoms with Crippen molar-refractivity contribution in [3.8, 4) is 16.5 Å². The lowest BCUT2D eigenvalue weighted by molar-refractivity contribution is -0.137. The third kappa shape index (κ3) is 4.63. The van der Waals surface area contributed by atoms with E-state index in [1.165, 1.54) is 23.0 Å². The molecule has 182 valence electrons. The lowest BCUT2D eigenvalue weighted by Crippen LogP contribution is -2.23. The molecule has 1 aliphatic rings. The van der Waals surface area contributed by atoms with Gasteiger partial charge in [-0.05, 0) is 36.0 Å². The Balaban J connectivity index is 1.27. The fourth-order valence-corrected chi connectivity index (χ4v) is 4.26. The molecule has 0 bridgehead atoms. The minimum Gasteiger partial charge on any atom is -0.461 e. The molecule has 1 aliphatic heterocycles. The first-order chi connectivity index (χ1) is 16.7. The molecular formula is C22H20F3N7O2S. The van der Waals surface area contributed by atoms with Crippen molar-refractivity contribution in [3.63, 3.8) is 0 Å². The van der Waals surface area contributed by atoms with E-state index in [9.17, 15) is 13.2 Å². The van der Waals surface area contributed by atoms with Gasteiger partial charge in [0.25, 0.3) is 5.19 Å². The van der Waals surface area contributed by atoms with Crippen LogP contribution < -0.4 is 9.64 Å². The number of alkyl halides is 3. The van der Waals surface area contributed by atoms with Crippen LogP contribution in [0.15, 0.2) is 53.1 Å². The van der Waals surface area contributed by atoms with Gasteiger partial charge in [-0.25, -0.2) is 9.50 Å². The van der Waals surface area contributed by atoms with Gasteiger partial charge < -0.3 is 9.26 Å². The van der Waals surface area contributed by atoms with Crippen LogP contribution in [0, 0.1) is 0 Å². The zero-order valence-corrected chi connectivity index (χ0v) is 19.7. The topological polar surface area (TPSA) is 94.5 Å². The minimum atomic E-state index is -4.53. The molecule has 0 saturated carbocycles. The van der Waals surface area contributed by atoms with Crippen LogP contribution in [0.3, 0.4) is 0 Å². The van der Waals surface area contributed by atoms with Crippen molar-refractivity contribution in [1.29, 1.82) is 0 Å². The van der Waals surface area contributed by atoms with Crippen molar-refractivity contribution in [2.75, 3.05) is 11.4 Å². The summed E-state index contributed by atoms with van der Waals surface area (Å²) in [6.07, 6.45) is 4.43. The quantitative estimate of drug-likeness (QED) is 0.359. The molecule has 0 spiro atoms. The van der Waals surface area contributed by atoms with Gasteiger partial charge in [0, 0.05) is 36.6 Å². The number of hydrogen-bond donors (Lipinski definition) is 0. The van der Waals surface area contributed by atoms with Gasteiger partial charge in [0.15, 0.2) is 5.82 Å². The zero-order chi connectivity index (χ0) is 24.7. The van der Waals surface area contributed by atoms with Gasteiger partial charge >= 0.3 is 12.2 Å². The van der Waals surface area contributed by atoms with Crippen LogP contribution in [0.2, 0.25) is 0 Å². The average Bonchev–Trinajstić information content (AvgIpc) is 3.54. The first-order valence-electron chi connectivity index (χ1n) is 10.7. The minimum absolute atomic E-state index is 0.0511. The summed E-state index contributed by atoms with van der Waals surface area (Å²) in [5, 5.41) is 8.66. The summed E-state index contributed by atoms with van der Waals surface area (Å²) in [6, 6.07) is 1.71. The number of rotatable bonds is 6. The summed E-state index contributed by atoms with van der Waals surface area (Å²) in [7, 11) is 0. The maximum Gasteiger partial charge on any atom is 0.418 e. The van der Waals surface area contributed by atoms with Crippen LogP contribution in [0.25, 0.3) is 16.2 Å². The molecule has 0 radical (unpaired) electrons. The second-order valence-corrected chi connectivity index (χ2v) is 9.08. The molecule has 1 unspecified atom stereocenters. The molecule has 5 heterocycles. The largest absolute Gasteiger partial charge is 0.461 e. The van der Waals surface area contributed by atoms with Crippen LogP contribution in [-0.2, 0) is 6.18 Å². The van der Waals surface area contributed by atoms with E-state index in [1.807, 2.05) is 44.0 Å². The maximum absolute atomic E-state index is 13.3. The zero-order valence-electron chi connectivity index (χ0n) is 18.9. The number of anilines is 1. The van der Waals surface area contributed by atoms with Gasteiger partial charge in [-0.15, -0.1) is 5.10 Å². The third-order valence-corrected chi connectivity index (χ3v) is 6.15. The second kappa shape index (κ2) is 8.80. The summed E-state index contributed by atoms with van der Waals surface area (Å²) in [5.41, 5.74) is 0.203. The Hall–Kier alpha value is -3.74. The summed E-state index contributed by atoms with van der Waals surface area (Å²) in [6.45, 7) is 6.41. The van der Waals surface area contributed by atoms with E-state index >= 15 is 0 Å². The number of hydrogen-bond acceptors (Lipinski definition) is 9. The highest BCUT2D eigenvalue weighted by Crippen LogP contribution is 2.37. The van der Waals surface area contributed by atoms with E-state index in [-0.39, 0.29) is 23.3 Å². The van der Waals surface area contributed by atoms with E-state index < -0.39 is 11.7 Å². The molecule has 0 saturated heterocycles. The predicted octanol–water partition coefficient (Wildman–Crippen LogP) is 5.11. The Bertz CT molecular complexity index is 1390. The van der Waals surface area contributed by atoms with Gasteiger partial charge in [0.2, 0.25) is 4.96 Å². The van der Waals surface area contributed by atoms with Crippen molar-refractivity contribution in [3.05, 3.63) is 60.0 Å². The molecule has 35 heavy (non-hydrogen) atoms. The van der Waals surface area contributed by atoms with Crippen LogP contribution in [0.5, 0.6) is 5.19 Å². The molecule has 0 aromatic carbocycles. The van der Waals surface area contributed by atoms with E-state index in [1.54, 1.807) is 0 Å². The van der Waals surface area contributed by atoms with Crippen molar-refractivity contribution < 1.29 is 22.4 Å². The first kappa shape index (κ1) is 23.0. The second-order valence-electron chi connectivity index (χ2n) is 8.16. The standard InChI is InChI=1S/C22H20F3N7O2S/c1-12(2)18-28-19(34-30-18)31-8-5-14(6-9-31)13(3)33-21-29-32-11-17(27-20(32)35-21)15-4-7-26-10-16(15)22(23,24)25/h4-8,10-13H,9H2,1-3H3. The summed E-state index contributed by atoms with van der Waals surface area (Å²) < 4.78 is 52.7. The van der Waals surface area contributed by atoms with Crippen LogP contribution in [-0.4, -0.2) is 42.4 Å². The van der Waals surface area contributed by atoms with Crippen molar-refractivity contribution in [2.45, 2.75) is 39.0 Å². The van der Waals surface area contributed by atoms with Crippen LogP contribution >= 0.6 is 11.3 Å². The van der Waals surface area contributed by atoms with Crippen LogP contribution in [0.1, 0.15) is 38.1 Å². The lowest BCUT2D eigenvalue weighted by Gasteiger charge is -2.21. The highest BCUT2D eigenvalue weighted by atomic mass is 32.1. The molecule has 0 N–H and O–H groups in total. The van der Waals surface area contributed by atoms with Crippen molar-refractivity contribution >= 4 is 22.3 Å². The summed E-state index contributed by atoms with van der Waals surface area (Å²) >= 11 is 1.15. The highest BCUT2D eigenvalue weighted by molar-refractivity contribution is 7.18.